The maximum atomic E-state index is 13.1. The summed E-state index contributed by atoms with van der Waals surface area (Å²) in [7, 11) is -3.87. The van der Waals surface area contributed by atoms with Gasteiger partial charge in [-0.05, 0) is 41.8 Å². The Morgan fingerprint density at radius 1 is 0.938 bits per heavy atom. The Balaban J connectivity index is 1.71. The predicted molar refractivity (Wildman–Crippen MR) is 128 cm³/mol. The van der Waals surface area contributed by atoms with Gasteiger partial charge >= 0.3 is 0 Å². The van der Waals surface area contributed by atoms with Crippen LogP contribution in [0.2, 0.25) is 10.0 Å². The zero-order valence-electron chi connectivity index (χ0n) is 17.0. The summed E-state index contributed by atoms with van der Waals surface area (Å²) in [6.45, 7) is -0.228. The van der Waals surface area contributed by atoms with Gasteiger partial charge in [-0.15, -0.1) is 0 Å². The number of sulfonamides is 1. The molecule has 3 aromatic rings. The third-order valence-electron chi connectivity index (χ3n) is 4.54. The number of rotatable bonds is 9. The zero-order valence-corrected chi connectivity index (χ0v) is 19.3. The van der Waals surface area contributed by atoms with Gasteiger partial charge in [-0.2, -0.15) is 9.41 Å². The fourth-order valence-electron chi connectivity index (χ4n) is 2.89. The molecule has 0 spiro atoms. The molecule has 0 aromatic heterocycles. The van der Waals surface area contributed by atoms with Gasteiger partial charge in [0.15, 0.2) is 0 Å². The van der Waals surface area contributed by atoms with Crippen molar-refractivity contribution in [3.8, 4) is 0 Å². The summed E-state index contributed by atoms with van der Waals surface area (Å²) in [4.78, 5) is 12.6. The first-order valence-corrected chi connectivity index (χ1v) is 11.9. The van der Waals surface area contributed by atoms with Crippen molar-refractivity contribution in [2.24, 2.45) is 5.10 Å². The van der Waals surface area contributed by atoms with E-state index >= 15 is 0 Å². The van der Waals surface area contributed by atoms with Crippen molar-refractivity contribution in [3.63, 3.8) is 0 Å². The van der Waals surface area contributed by atoms with E-state index in [1.807, 2.05) is 30.3 Å². The van der Waals surface area contributed by atoms with Crippen LogP contribution in [-0.2, 0) is 21.2 Å². The minimum Gasteiger partial charge on any atom is -0.272 e. The molecule has 0 saturated heterocycles. The molecule has 3 aromatic carbocycles. The van der Waals surface area contributed by atoms with Gasteiger partial charge in [-0.3, -0.25) is 4.79 Å². The Bertz CT molecular complexity index is 1190. The van der Waals surface area contributed by atoms with Crippen LogP contribution in [0.1, 0.15) is 11.1 Å². The van der Waals surface area contributed by atoms with Gasteiger partial charge in [0.05, 0.1) is 27.7 Å². The van der Waals surface area contributed by atoms with E-state index in [9.17, 15) is 13.2 Å². The molecule has 9 heteroatoms. The lowest BCUT2D eigenvalue weighted by atomic mass is 10.1. The topological polar surface area (TPSA) is 78.8 Å². The number of nitrogens with zero attached hydrogens (tertiary/aromatic N) is 2. The standard InChI is InChI=1S/C23H21Cl2N3O3S/c24-21-12-11-19(15-22(21)25)16-26-27-23(29)17-28(14-13-18-7-3-1-4-8-18)32(30,31)20-9-5-2-6-10-20/h1-12,15-16H,13-14,17H2,(H,27,29)/b26-16-. The fraction of sp³-hybridized carbons (Fsp3) is 0.130. The van der Waals surface area contributed by atoms with Crippen LogP contribution in [0.25, 0.3) is 0 Å². The molecular formula is C23H21Cl2N3O3S. The average Bonchev–Trinajstić information content (AvgIpc) is 2.80. The SMILES string of the molecule is O=C(CN(CCc1ccccc1)S(=O)(=O)c1ccccc1)N/N=C\c1ccc(Cl)c(Cl)c1. The van der Waals surface area contributed by atoms with Gasteiger partial charge in [0.2, 0.25) is 10.0 Å². The number of halogens is 2. The van der Waals surface area contributed by atoms with Crippen LogP contribution in [0, 0.1) is 0 Å². The summed E-state index contributed by atoms with van der Waals surface area (Å²) in [5, 5.41) is 4.66. The number of nitrogens with one attached hydrogen (secondary N) is 1. The van der Waals surface area contributed by atoms with Crippen molar-refractivity contribution >= 4 is 45.3 Å². The summed E-state index contributed by atoms with van der Waals surface area (Å²) in [5.74, 6) is -0.561. The van der Waals surface area contributed by atoms with E-state index in [-0.39, 0.29) is 18.0 Å². The van der Waals surface area contributed by atoms with E-state index in [2.05, 4.69) is 10.5 Å². The maximum Gasteiger partial charge on any atom is 0.255 e. The molecule has 0 atom stereocenters. The maximum absolute atomic E-state index is 13.1. The Morgan fingerprint density at radius 2 is 1.59 bits per heavy atom. The van der Waals surface area contributed by atoms with Crippen molar-refractivity contribution in [1.29, 1.82) is 0 Å². The normalized spacial score (nSPS) is 11.7. The van der Waals surface area contributed by atoms with Crippen molar-refractivity contribution in [1.82, 2.24) is 9.73 Å². The van der Waals surface area contributed by atoms with Crippen LogP contribution in [-0.4, -0.2) is 37.9 Å². The number of carbonyl (C=O) groups excluding carboxylic acids is 1. The molecule has 1 N–H and O–H groups in total. The van der Waals surface area contributed by atoms with E-state index in [4.69, 9.17) is 23.2 Å². The quantitative estimate of drug-likeness (QED) is 0.357. The first-order chi connectivity index (χ1) is 15.4. The molecule has 0 fully saturated rings. The molecule has 6 nitrogen and oxygen atoms in total. The fourth-order valence-corrected chi connectivity index (χ4v) is 4.62. The third kappa shape index (κ3) is 6.64. The van der Waals surface area contributed by atoms with Crippen LogP contribution in [0.15, 0.2) is 88.9 Å². The van der Waals surface area contributed by atoms with Crippen LogP contribution < -0.4 is 5.43 Å². The van der Waals surface area contributed by atoms with Crippen LogP contribution in [0.3, 0.4) is 0 Å². The first kappa shape index (κ1) is 23.9. The van der Waals surface area contributed by atoms with Crippen molar-refractivity contribution in [2.75, 3.05) is 13.1 Å². The predicted octanol–water partition coefficient (Wildman–Crippen LogP) is 4.38. The Morgan fingerprint density at radius 3 is 2.25 bits per heavy atom. The average molecular weight is 490 g/mol. The molecule has 32 heavy (non-hydrogen) atoms. The molecule has 0 radical (unpaired) electrons. The smallest absolute Gasteiger partial charge is 0.255 e. The second kappa shape index (κ2) is 11.2. The van der Waals surface area contributed by atoms with Gasteiger partial charge in [0.1, 0.15) is 0 Å². The third-order valence-corrected chi connectivity index (χ3v) is 7.14. The summed E-state index contributed by atoms with van der Waals surface area (Å²) < 4.78 is 27.4. The molecule has 0 heterocycles. The molecule has 1 amide bonds. The Kier molecular flexibility index (Phi) is 8.41. The number of amides is 1. The first-order valence-electron chi connectivity index (χ1n) is 9.72. The molecule has 166 valence electrons. The highest BCUT2D eigenvalue weighted by Crippen LogP contribution is 2.21. The summed E-state index contributed by atoms with van der Waals surface area (Å²) in [6, 6.07) is 22.4. The van der Waals surface area contributed by atoms with Gasteiger partial charge < -0.3 is 0 Å². The summed E-state index contributed by atoms with van der Waals surface area (Å²) in [5.41, 5.74) is 3.97. The van der Waals surface area contributed by atoms with E-state index in [0.717, 1.165) is 9.87 Å². The van der Waals surface area contributed by atoms with Crippen molar-refractivity contribution < 1.29 is 13.2 Å². The van der Waals surface area contributed by atoms with Gasteiger partial charge in [0.25, 0.3) is 5.91 Å². The lowest BCUT2D eigenvalue weighted by Crippen LogP contribution is -2.40. The highest BCUT2D eigenvalue weighted by Gasteiger charge is 2.26. The highest BCUT2D eigenvalue weighted by molar-refractivity contribution is 7.89. The van der Waals surface area contributed by atoms with Crippen LogP contribution >= 0.6 is 23.2 Å². The summed E-state index contributed by atoms with van der Waals surface area (Å²) in [6.07, 6.45) is 1.87. The lowest BCUT2D eigenvalue weighted by molar-refractivity contribution is -0.121. The van der Waals surface area contributed by atoms with Crippen LogP contribution in [0.5, 0.6) is 0 Å². The largest absolute Gasteiger partial charge is 0.272 e. The van der Waals surface area contributed by atoms with Crippen LogP contribution in [0.4, 0.5) is 0 Å². The minimum absolute atomic E-state index is 0.125. The highest BCUT2D eigenvalue weighted by atomic mass is 35.5. The minimum atomic E-state index is -3.87. The van der Waals surface area contributed by atoms with Gasteiger partial charge in [0, 0.05) is 6.54 Å². The number of hydrogen-bond acceptors (Lipinski definition) is 4. The number of carbonyl (C=O) groups is 1. The van der Waals surface area contributed by atoms with E-state index in [0.29, 0.717) is 22.0 Å². The number of hydrogen-bond donors (Lipinski definition) is 1. The van der Waals surface area contributed by atoms with Gasteiger partial charge in [-0.1, -0.05) is 77.8 Å². The van der Waals surface area contributed by atoms with E-state index in [1.165, 1.54) is 18.3 Å². The molecule has 0 unspecified atom stereocenters. The monoisotopic (exact) mass is 489 g/mol. The number of benzene rings is 3. The van der Waals surface area contributed by atoms with E-state index < -0.39 is 15.9 Å². The van der Waals surface area contributed by atoms with Crippen molar-refractivity contribution in [2.45, 2.75) is 11.3 Å². The second-order valence-corrected chi connectivity index (χ2v) is 9.61. The Labute approximate surface area is 197 Å². The molecule has 3 rings (SSSR count). The molecule has 0 saturated carbocycles. The molecule has 0 aliphatic heterocycles. The second-order valence-electron chi connectivity index (χ2n) is 6.85. The van der Waals surface area contributed by atoms with Crippen molar-refractivity contribution in [3.05, 3.63) is 100 Å². The van der Waals surface area contributed by atoms with E-state index in [1.54, 1.807) is 36.4 Å². The molecular weight excluding hydrogens is 469 g/mol. The number of hydrazone groups is 1. The molecule has 0 aliphatic carbocycles. The molecule has 0 bridgehead atoms. The lowest BCUT2D eigenvalue weighted by Gasteiger charge is -2.21. The molecule has 0 aliphatic rings. The zero-order chi connectivity index (χ0) is 23.0. The Hall–Kier alpha value is -2.71. The van der Waals surface area contributed by atoms with Gasteiger partial charge in [-0.25, -0.2) is 13.8 Å². The summed E-state index contributed by atoms with van der Waals surface area (Å²) >= 11 is 11.8.